The molecular weight excluding hydrogens is 248 g/mol. The van der Waals surface area contributed by atoms with E-state index in [0.29, 0.717) is 12.6 Å². The monoisotopic (exact) mass is 265 g/mol. The van der Waals surface area contributed by atoms with Crippen LogP contribution in [0.3, 0.4) is 0 Å². The second kappa shape index (κ2) is 5.98. The molecule has 1 saturated heterocycles. The van der Waals surface area contributed by atoms with Gasteiger partial charge in [-0.1, -0.05) is 6.42 Å². The van der Waals surface area contributed by atoms with Gasteiger partial charge in [-0.15, -0.1) is 0 Å². The van der Waals surface area contributed by atoms with Gasteiger partial charge >= 0.3 is 0 Å². The fraction of sp³-hybridized carbons (Fsp3) is 0.500. The molecule has 3 nitrogen and oxygen atoms in total. The lowest BCUT2D eigenvalue weighted by Crippen LogP contribution is -2.40. The van der Waals surface area contributed by atoms with Gasteiger partial charge in [0.25, 0.3) is 0 Å². The molecule has 1 aliphatic heterocycles. The molecule has 0 saturated carbocycles. The van der Waals surface area contributed by atoms with E-state index in [1.807, 2.05) is 7.05 Å². The molecule has 1 aliphatic rings. The van der Waals surface area contributed by atoms with Crippen molar-refractivity contribution < 1.29 is 8.78 Å². The smallest absolute Gasteiger partial charge is 0.183 e. The first kappa shape index (κ1) is 13.8. The van der Waals surface area contributed by atoms with E-state index in [4.69, 9.17) is 5.26 Å². The molecule has 1 heterocycles. The number of nitrogens with one attached hydrogen (secondary N) is 1. The predicted molar refractivity (Wildman–Crippen MR) is 69.8 cm³/mol. The summed E-state index contributed by atoms with van der Waals surface area (Å²) in [5.41, 5.74) is -0.145. The molecule has 0 radical (unpaired) electrons. The summed E-state index contributed by atoms with van der Waals surface area (Å²) in [6, 6.07) is 4.68. The van der Waals surface area contributed by atoms with Crippen molar-refractivity contribution in [2.24, 2.45) is 0 Å². The van der Waals surface area contributed by atoms with Crippen molar-refractivity contribution in [2.75, 3.05) is 25.5 Å². The summed E-state index contributed by atoms with van der Waals surface area (Å²) in [6.45, 7) is 1.62. The molecule has 1 fully saturated rings. The highest BCUT2D eigenvalue weighted by molar-refractivity contribution is 5.49. The summed E-state index contributed by atoms with van der Waals surface area (Å²) in [4.78, 5) is 2.23. The van der Waals surface area contributed by atoms with Gasteiger partial charge in [0.15, 0.2) is 11.6 Å². The predicted octanol–water partition coefficient (Wildman–Crippen LogP) is 2.73. The maximum atomic E-state index is 13.7. The van der Waals surface area contributed by atoms with Gasteiger partial charge in [-0.2, -0.15) is 5.26 Å². The minimum atomic E-state index is -1.08. The summed E-state index contributed by atoms with van der Waals surface area (Å²) in [6.07, 6.45) is 3.41. The highest BCUT2D eigenvalue weighted by Gasteiger charge is 2.19. The van der Waals surface area contributed by atoms with E-state index in [9.17, 15) is 8.78 Å². The Morgan fingerprint density at radius 3 is 2.84 bits per heavy atom. The van der Waals surface area contributed by atoms with Crippen LogP contribution in [0.1, 0.15) is 24.8 Å². The average Bonchev–Trinajstić information content (AvgIpc) is 2.42. The van der Waals surface area contributed by atoms with Crippen LogP contribution in [0.4, 0.5) is 14.5 Å². The molecule has 0 bridgehead atoms. The zero-order valence-electron chi connectivity index (χ0n) is 10.9. The number of likely N-dealkylation sites (N-methyl/N-ethyl adjacent to an activating group) is 1. The molecule has 19 heavy (non-hydrogen) atoms. The highest BCUT2D eigenvalue weighted by Crippen LogP contribution is 2.21. The van der Waals surface area contributed by atoms with Gasteiger partial charge in [0.05, 0.1) is 11.3 Å². The Kier molecular flexibility index (Phi) is 4.33. The molecule has 5 heteroatoms. The van der Waals surface area contributed by atoms with Crippen molar-refractivity contribution in [1.29, 1.82) is 5.26 Å². The number of benzene rings is 1. The van der Waals surface area contributed by atoms with Crippen LogP contribution in [-0.2, 0) is 0 Å². The Bertz CT molecular complexity index is 496. The largest absolute Gasteiger partial charge is 0.381 e. The second-order valence-corrected chi connectivity index (χ2v) is 4.91. The number of anilines is 1. The second-order valence-electron chi connectivity index (χ2n) is 4.91. The van der Waals surface area contributed by atoms with Crippen LogP contribution >= 0.6 is 0 Å². The van der Waals surface area contributed by atoms with Crippen LogP contribution in [0.15, 0.2) is 12.1 Å². The molecule has 1 unspecified atom stereocenters. The SMILES string of the molecule is CN1CCCCC1CNc1ccc(C#N)c(F)c1F. The number of hydrogen-bond acceptors (Lipinski definition) is 3. The maximum absolute atomic E-state index is 13.7. The minimum Gasteiger partial charge on any atom is -0.381 e. The number of rotatable bonds is 3. The van der Waals surface area contributed by atoms with Crippen molar-refractivity contribution in [1.82, 2.24) is 4.90 Å². The normalized spacial score (nSPS) is 20.0. The van der Waals surface area contributed by atoms with Crippen LogP contribution in [0.5, 0.6) is 0 Å². The Balaban J connectivity index is 2.04. The van der Waals surface area contributed by atoms with Gasteiger partial charge in [0, 0.05) is 12.6 Å². The Morgan fingerprint density at radius 2 is 2.16 bits per heavy atom. The van der Waals surface area contributed by atoms with Crippen LogP contribution < -0.4 is 5.32 Å². The number of hydrogen-bond donors (Lipinski definition) is 1. The number of nitriles is 1. The van der Waals surface area contributed by atoms with Gasteiger partial charge < -0.3 is 10.2 Å². The summed E-state index contributed by atoms with van der Waals surface area (Å²) in [5.74, 6) is -2.05. The first-order chi connectivity index (χ1) is 9.13. The van der Waals surface area contributed by atoms with Crippen molar-refractivity contribution >= 4 is 5.69 Å². The van der Waals surface area contributed by atoms with Crippen LogP contribution in [-0.4, -0.2) is 31.1 Å². The number of likely N-dealkylation sites (tertiary alicyclic amines) is 1. The van der Waals surface area contributed by atoms with E-state index in [1.54, 1.807) is 6.07 Å². The number of nitrogens with zero attached hydrogens (tertiary/aromatic N) is 2. The van der Waals surface area contributed by atoms with Gasteiger partial charge in [0.2, 0.25) is 0 Å². The zero-order valence-corrected chi connectivity index (χ0v) is 10.9. The molecule has 102 valence electrons. The molecule has 0 aromatic heterocycles. The first-order valence-electron chi connectivity index (χ1n) is 6.45. The molecule has 0 aliphatic carbocycles. The van der Waals surface area contributed by atoms with Crippen molar-refractivity contribution in [3.8, 4) is 6.07 Å². The molecule has 1 aromatic rings. The van der Waals surface area contributed by atoms with E-state index in [2.05, 4.69) is 10.2 Å². The van der Waals surface area contributed by atoms with Crippen LogP contribution in [0, 0.1) is 23.0 Å². The van der Waals surface area contributed by atoms with Crippen molar-refractivity contribution in [3.63, 3.8) is 0 Å². The maximum Gasteiger partial charge on any atom is 0.183 e. The molecule has 1 atom stereocenters. The fourth-order valence-corrected chi connectivity index (χ4v) is 2.40. The van der Waals surface area contributed by atoms with Crippen LogP contribution in [0.25, 0.3) is 0 Å². The third kappa shape index (κ3) is 3.02. The standard InChI is InChI=1S/C14H17F2N3/c1-19-7-3-2-4-11(19)9-18-12-6-5-10(8-17)13(15)14(12)16/h5-6,11,18H,2-4,7,9H2,1H3. The quantitative estimate of drug-likeness (QED) is 0.913. The summed E-state index contributed by atoms with van der Waals surface area (Å²) in [5, 5.41) is 11.6. The van der Waals surface area contributed by atoms with Gasteiger partial charge in [-0.3, -0.25) is 0 Å². The number of halogens is 2. The minimum absolute atomic E-state index is 0.121. The van der Waals surface area contributed by atoms with Gasteiger partial charge in [0.1, 0.15) is 6.07 Å². The molecular formula is C14H17F2N3. The third-order valence-corrected chi connectivity index (χ3v) is 3.65. The van der Waals surface area contributed by atoms with E-state index >= 15 is 0 Å². The molecule has 1 aromatic carbocycles. The van der Waals surface area contributed by atoms with E-state index in [-0.39, 0.29) is 11.3 Å². The van der Waals surface area contributed by atoms with E-state index in [0.717, 1.165) is 13.0 Å². The van der Waals surface area contributed by atoms with Crippen LogP contribution in [0.2, 0.25) is 0 Å². The zero-order chi connectivity index (χ0) is 13.8. The lowest BCUT2D eigenvalue weighted by atomic mass is 10.0. The Labute approximate surface area is 111 Å². The average molecular weight is 265 g/mol. The van der Waals surface area contributed by atoms with Gasteiger partial charge in [-0.05, 0) is 38.6 Å². The first-order valence-corrected chi connectivity index (χ1v) is 6.45. The Morgan fingerprint density at radius 1 is 1.37 bits per heavy atom. The Hall–Kier alpha value is -1.67. The number of piperidine rings is 1. The van der Waals surface area contributed by atoms with E-state index < -0.39 is 11.6 Å². The molecule has 2 rings (SSSR count). The highest BCUT2D eigenvalue weighted by atomic mass is 19.2. The molecule has 0 spiro atoms. The lowest BCUT2D eigenvalue weighted by Gasteiger charge is -2.32. The lowest BCUT2D eigenvalue weighted by molar-refractivity contribution is 0.194. The molecule has 1 N–H and O–H groups in total. The summed E-state index contributed by atoms with van der Waals surface area (Å²) >= 11 is 0. The van der Waals surface area contributed by atoms with E-state index in [1.165, 1.54) is 25.0 Å². The van der Waals surface area contributed by atoms with Gasteiger partial charge in [-0.25, -0.2) is 8.78 Å². The fourth-order valence-electron chi connectivity index (χ4n) is 2.40. The summed E-state index contributed by atoms with van der Waals surface area (Å²) < 4.78 is 27.2. The topological polar surface area (TPSA) is 39.1 Å². The molecule has 0 amide bonds. The van der Waals surface area contributed by atoms with Crippen molar-refractivity contribution in [3.05, 3.63) is 29.3 Å². The van der Waals surface area contributed by atoms with Crippen molar-refractivity contribution in [2.45, 2.75) is 25.3 Å². The third-order valence-electron chi connectivity index (χ3n) is 3.65. The summed E-state index contributed by atoms with van der Waals surface area (Å²) in [7, 11) is 2.04.